The Bertz CT molecular complexity index is 895. The molecule has 0 spiro atoms. The van der Waals surface area contributed by atoms with Crippen LogP contribution in [0.5, 0.6) is 0 Å². The van der Waals surface area contributed by atoms with Gasteiger partial charge in [-0.15, -0.1) is 0 Å². The summed E-state index contributed by atoms with van der Waals surface area (Å²) in [5.74, 6) is -2.23. The third-order valence-corrected chi connectivity index (χ3v) is 4.83. The second-order valence-corrected chi connectivity index (χ2v) is 7.12. The highest BCUT2D eigenvalue weighted by molar-refractivity contribution is 7.89. The molecule has 1 aromatic heterocycles. The quantitative estimate of drug-likeness (QED) is 0.697. The maximum atomic E-state index is 13.8. The van der Waals surface area contributed by atoms with Crippen molar-refractivity contribution >= 4 is 21.9 Å². The van der Waals surface area contributed by atoms with Crippen LogP contribution in [0, 0.1) is 5.82 Å². The van der Waals surface area contributed by atoms with Gasteiger partial charge in [-0.1, -0.05) is 0 Å². The Morgan fingerprint density at radius 2 is 2.04 bits per heavy atom. The molecule has 0 radical (unpaired) electrons. The fraction of sp³-hybridized carbons (Fsp3) is 0.250. The topological polar surface area (TPSA) is 115 Å². The molecule has 2 N–H and O–H groups in total. The number of sulfonamides is 1. The third kappa shape index (κ3) is 4.67. The number of rotatable bonds is 7. The Balaban J connectivity index is 2.01. The van der Waals surface area contributed by atoms with E-state index in [0.29, 0.717) is 5.76 Å². The fourth-order valence-electron chi connectivity index (χ4n) is 2.05. The summed E-state index contributed by atoms with van der Waals surface area (Å²) in [5, 5.41) is 2.54. The highest BCUT2D eigenvalue weighted by atomic mass is 32.2. The van der Waals surface area contributed by atoms with E-state index in [0.717, 1.165) is 18.2 Å². The number of benzene rings is 1. The number of ether oxygens (including phenoxy) is 1. The molecular weight excluding hydrogens is 367 g/mol. The van der Waals surface area contributed by atoms with Crippen molar-refractivity contribution in [2.24, 2.45) is 0 Å². The minimum atomic E-state index is -3.86. The molecule has 1 atom stereocenters. The molecule has 0 aliphatic heterocycles. The number of hydrogen-bond acceptors (Lipinski definition) is 6. The van der Waals surface area contributed by atoms with Crippen LogP contribution in [0.4, 0.5) is 4.39 Å². The van der Waals surface area contributed by atoms with E-state index < -0.39 is 45.9 Å². The zero-order valence-corrected chi connectivity index (χ0v) is 14.8. The minimum Gasteiger partial charge on any atom is -0.467 e. The van der Waals surface area contributed by atoms with Crippen molar-refractivity contribution < 1.29 is 31.6 Å². The Kier molecular flexibility index (Phi) is 6.11. The molecule has 2 rings (SSSR count). The minimum absolute atomic E-state index is 0.302. The summed E-state index contributed by atoms with van der Waals surface area (Å²) in [7, 11) is -2.68. The highest BCUT2D eigenvalue weighted by Crippen LogP contribution is 2.16. The van der Waals surface area contributed by atoms with Crippen LogP contribution < -0.4 is 10.0 Å². The average Bonchev–Trinajstić information content (AvgIpc) is 3.14. The van der Waals surface area contributed by atoms with Gasteiger partial charge in [-0.3, -0.25) is 4.79 Å². The average molecular weight is 384 g/mol. The van der Waals surface area contributed by atoms with Gasteiger partial charge in [0.2, 0.25) is 10.0 Å². The Morgan fingerprint density at radius 3 is 2.65 bits per heavy atom. The highest BCUT2D eigenvalue weighted by Gasteiger charge is 2.20. The van der Waals surface area contributed by atoms with Gasteiger partial charge < -0.3 is 14.5 Å². The van der Waals surface area contributed by atoms with Crippen LogP contribution in [-0.4, -0.2) is 33.9 Å². The van der Waals surface area contributed by atoms with E-state index in [4.69, 9.17) is 9.15 Å². The summed E-state index contributed by atoms with van der Waals surface area (Å²) < 4.78 is 49.2. The molecule has 8 nitrogen and oxygen atoms in total. The summed E-state index contributed by atoms with van der Waals surface area (Å²) in [6.07, 6.45) is 1.45. The summed E-state index contributed by atoms with van der Waals surface area (Å²) in [5.41, 5.74) is -0.590. The van der Waals surface area contributed by atoms with Gasteiger partial charge in [-0.25, -0.2) is 22.3 Å². The zero-order chi connectivity index (χ0) is 19.3. The van der Waals surface area contributed by atoms with Crippen molar-refractivity contribution in [2.75, 3.05) is 13.7 Å². The molecule has 1 amide bonds. The van der Waals surface area contributed by atoms with Gasteiger partial charge in [0.25, 0.3) is 5.91 Å². The van der Waals surface area contributed by atoms with Crippen molar-refractivity contribution in [3.05, 3.63) is 53.7 Å². The summed E-state index contributed by atoms with van der Waals surface area (Å²) in [4.78, 5) is 23.5. The van der Waals surface area contributed by atoms with Gasteiger partial charge in [-0.05, 0) is 44.3 Å². The van der Waals surface area contributed by atoms with E-state index in [1.165, 1.54) is 13.3 Å². The van der Waals surface area contributed by atoms with Gasteiger partial charge in [0.15, 0.2) is 6.61 Å². The van der Waals surface area contributed by atoms with Crippen LogP contribution in [0.1, 0.15) is 29.1 Å². The molecular formula is C16H17FN2O6S. The van der Waals surface area contributed by atoms with Crippen molar-refractivity contribution in [3.8, 4) is 0 Å². The van der Waals surface area contributed by atoms with E-state index in [2.05, 4.69) is 10.0 Å². The summed E-state index contributed by atoms with van der Waals surface area (Å²) >= 11 is 0. The van der Waals surface area contributed by atoms with E-state index >= 15 is 0 Å². The largest absolute Gasteiger partial charge is 0.467 e. The molecule has 0 aliphatic rings. The monoisotopic (exact) mass is 384 g/mol. The normalized spacial score (nSPS) is 12.4. The SMILES string of the molecule is CNS(=O)(=O)c1ccc(F)c(C(=O)OCC(=O)NC(C)c2ccco2)c1. The molecule has 10 heteroatoms. The van der Waals surface area contributed by atoms with Crippen LogP contribution in [-0.2, 0) is 19.6 Å². The van der Waals surface area contributed by atoms with Gasteiger partial charge in [0.05, 0.1) is 22.8 Å². The smallest absolute Gasteiger partial charge is 0.341 e. The molecule has 1 heterocycles. The Hall–Kier alpha value is -2.72. The molecule has 0 aliphatic carbocycles. The van der Waals surface area contributed by atoms with Crippen molar-refractivity contribution in [3.63, 3.8) is 0 Å². The first-order chi connectivity index (χ1) is 12.2. The van der Waals surface area contributed by atoms with Gasteiger partial charge in [0.1, 0.15) is 11.6 Å². The first kappa shape index (κ1) is 19.6. The van der Waals surface area contributed by atoms with Gasteiger partial charge >= 0.3 is 5.97 Å². The van der Waals surface area contributed by atoms with Gasteiger partial charge in [-0.2, -0.15) is 0 Å². The number of esters is 1. The molecule has 26 heavy (non-hydrogen) atoms. The molecule has 0 fully saturated rings. The Morgan fingerprint density at radius 1 is 1.31 bits per heavy atom. The molecule has 140 valence electrons. The second-order valence-electron chi connectivity index (χ2n) is 5.23. The van der Waals surface area contributed by atoms with Crippen LogP contribution >= 0.6 is 0 Å². The Labute approximate surface area is 149 Å². The van der Waals surface area contributed by atoms with E-state index in [9.17, 15) is 22.4 Å². The maximum absolute atomic E-state index is 13.8. The van der Waals surface area contributed by atoms with Gasteiger partial charge in [0, 0.05) is 0 Å². The summed E-state index contributed by atoms with van der Waals surface area (Å²) in [6.45, 7) is 1.01. The molecule has 0 saturated heterocycles. The molecule has 0 saturated carbocycles. The lowest BCUT2D eigenvalue weighted by Crippen LogP contribution is -2.31. The number of nitrogens with one attached hydrogen (secondary N) is 2. The molecule has 2 aromatic rings. The second kappa shape index (κ2) is 8.11. The van der Waals surface area contributed by atoms with Crippen molar-refractivity contribution in [2.45, 2.75) is 17.9 Å². The predicted octanol–water partition coefficient (Wildman–Crippen LogP) is 1.36. The predicted molar refractivity (Wildman–Crippen MR) is 88.2 cm³/mol. The lowest BCUT2D eigenvalue weighted by molar-refractivity contribution is -0.125. The van der Waals surface area contributed by atoms with E-state index in [1.807, 2.05) is 0 Å². The zero-order valence-electron chi connectivity index (χ0n) is 14.0. The summed E-state index contributed by atoms with van der Waals surface area (Å²) in [6, 6.07) is 5.56. The van der Waals surface area contributed by atoms with Crippen LogP contribution in [0.15, 0.2) is 45.9 Å². The van der Waals surface area contributed by atoms with Crippen molar-refractivity contribution in [1.82, 2.24) is 10.0 Å². The van der Waals surface area contributed by atoms with Crippen molar-refractivity contribution in [1.29, 1.82) is 0 Å². The number of carbonyl (C=O) groups excluding carboxylic acids is 2. The number of furan rings is 1. The van der Waals surface area contributed by atoms with E-state index in [-0.39, 0.29) is 4.90 Å². The maximum Gasteiger partial charge on any atom is 0.341 e. The lowest BCUT2D eigenvalue weighted by atomic mass is 10.2. The molecule has 0 bridgehead atoms. The lowest BCUT2D eigenvalue weighted by Gasteiger charge is -2.12. The fourth-order valence-corrected chi connectivity index (χ4v) is 2.80. The number of amides is 1. The first-order valence-electron chi connectivity index (χ1n) is 7.47. The van der Waals surface area contributed by atoms with Crippen LogP contribution in [0.25, 0.3) is 0 Å². The number of carbonyl (C=O) groups is 2. The number of hydrogen-bond donors (Lipinski definition) is 2. The number of halogens is 1. The molecule has 1 aromatic carbocycles. The first-order valence-corrected chi connectivity index (χ1v) is 8.96. The third-order valence-electron chi connectivity index (χ3n) is 3.42. The standard InChI is InChI=1S/C16H17FN2O6S/c1-10(14-4-3-7-24-14)19-15(20)9-25-16(21)12-8-11(5-6-13(12)17)26(22,23)18-2/h3-8,10,18H,9H2,1-2H3,(H,19,20). The van der Waals surface area contributed by atoms with E-state index in [1.54, 1.807) is 19.1 Å². The van der Waals surface area contributed by atoms with Crippen LogP contribution in [0.2, 0.25) is 0 Å². The molecule has 1 unspecified atom stereocenters. The van der Waals surface area contributed by atoms with Crippen LogP contribution in [0.3, 0.4) is 0 Å².